The first kappa shape index (κ1) is 25.1. The van der Waals surface area contributed by atoms with Crippen LogP contribution in [-0.2, 0) is 14.8 Å². The lowest BCUT2D eigenvalue weighted by Crippen LogP contribution is -2.50. The summed E-state index contributed by atoms with van der Waals surface area (Å²) in [5, 5.41) is 5.26. The number of thiazole rings is 1. The number of hydrogen-bond acceptors (Lipinski definition) is 8. The summed E-state index contributed by atoms with van der Waals surface area (Å²) in [6, 6.07) is 14.0. The topological polar surface area (TPSA) is 101 Å². The first-order valence-electron chi connectivity index (χ1n) is 11.2. The van der Waals surface area contributed by atoms with Crippen molar-refractivity contribution < 1.29 is 22.7 Å². The molecule has 4 rings (SSSR count). The number of amides is 1. The summed E-state index contributed by atoms with van der Waals surface area (Å²) < 4.78 is 37.9. The minimum atomic E-state index is -3.59. The maximum Gasteiger partial charge on any atom is 0.243 e. The fourth-order valence-electron chi connectivity index (χ4n) is 3.74. The number of sulfonamides is 1. The van der Waals surface area contributed by atoms with Crippen molar-refractivity contribution in [2.75, 3.05) is 51.8 Å². The molecule has 1 amide bonds. The Labute approximate surface area is 209 Å². The molecule has 0 radical (unpaired) electrons. The summed E-state index contributed by atoms with van der Waals surface area (Å²) in [7, 11) is -1.97. The van der Waals surface area contributed by atoms with Gasteiger partial charge in [-0.2, -0.15) is 4.31 Å². The van der Waals surface area contributed by atoms with E-state index in [2.05, 4.69) is 10.3 Å². The van der Waals surface area contributed by atoms with E-state index in [4.69, 9.17) is 9.47 Å². The lowest BCUT2D eigenvalue weighted by atomic mass is 10.2. The largest absolute Gasteiger partial charge is 0.497 e. The summed E-state index contributed by atoms with van der Waals surface area (Å²) >= 11 is 1.36. The van der Waals surface area contributed by atoms with Gasteiger partial charge in [-0.1, -0.05) is 0 Å². The summed E-state index contributed by atoms with van der Waals surface area (Å²) in [5.41, 5.74) is 1.72. The predicted octanol–water partition coefficient (Wildman–Crippen LogP) is 3.16. The van der Waals surface area contributed by atoms with E-state index in [-0.39, 0.29) is 17.3 Å². The van der Waals surface area contributed by atoms with Crippen molar-refractivity contribution in [3.05, 3.63) is 53.9 Å². The molecule has 11 heteroatoms. The third-order valence-corrected chi connectivity index (χ3v) is 8.28. The van der Waals surface area contributed by atoms with Crippen LogP contribution in [-0.4, -0.2) is 75.0 Å². The van der Waals surface area contributed by atoms with Crippen molar-refractivity contribution in [1.82, 2.24) is 14.2 Å². The molecule has 1 aliphatic rings. The second-order valence-corrected chi connectivity index (χ2v) is 10.7. The number of methoxy groups -OCH3 is 1. The maximum absolute atomic E-state index is 13.0. The second-order valence-electron chi connectivity index (χ2n) is 7.90. The van der Waals surface area contributed by atoms with Crippen molar-refractivity contribution >= 4 is 32.4 Å². The van der Waals surface area contributed by atoms with Crippen LogP contribution in [0.25, 0.3) is 11.3 Å². The quantitative estimate of drug-likeness (QED) is 0.466. The number of rotatable bonds is 9. The van der Waals surface area contributed by atoms with Gasteiger partial charge in [0, 0.05) is 37.1 Å². The zero-order chi connectivity index (χ0) is 24.8. The lowest BCUT2D eigenvalue weighted by molar-refractivity contribution is -0.117. The fourth-order valence-corrected chi connectivity index (χ4v) is 5.90. The Morgan fingerprint density at radius 3 is 2.31 bits per heavy atom. The van der Waals surface area contributed by atoms with Gasteiger partial charge in [0.25, 0.3) is 0 Å². The molecule has 1 aromatic heterocycles. The zero-order valence-electron chi connectivity index (χ0n) is 19.6. The van der Waals surface area contributed by atoms with Crippen molar-refractivity contribution in [2.45, 2.75) is 11.8 Å². The first-order valence-corrected chi connectivity index (χ1v) is 13.6. The Hall–Kier alpha value is -2.99. The molecule has 2 heterocycles. The molecule has 1 saturated heterocycles. The van der Waals surface area contributed by atoms with Gasteiger partial charge >= 0.3 is 0 Å². The van der Waals surface area contributed by atoms with Crippen molar-refractivity contribution in [3.8, 4) is 22.8 Å². The highest BCUT2D eigenvalue weighted by molar-refractivity contribution is 7.89. The predicted molar refractivity (Wildman–Crippen MR) is 136 cm³/mol. The van der Waals surface area contributed by atoms with E-state index in [1.807, 2.05) is 41.5 Å². The number of hydrogen-bond donors (Lipinski definition) is 1. The molecule has 3 aromatic rings. The molecule has 186 valence electrons. The smallest absolute Gasteiger partial charge is 0.243 e. The Morgan fingerprint density at radius 1 is 1.03 bits per heavy atom. The van der Waals surface area contributed by atoms with Gasteiger partial charge in [0.15, 0.2) is 5.13 Å². The van der Waals surface area contributed by atoms with Crippen LogP contribution in [0.3, 0.4) is 0 Å². The Morgan fingerprint density at radius 2 is 1.69 bits per heavy atom. The number of carbonyl (C=O) groups excluding carboxylic acids is 1. The number of carbonyl (C=O) groups is 1. The molecule has 0 spiro atoms. The third-order valence-electron chi connectivity index (χ3n) is 5.61. The highest BCUT2D eigenvalue weighted by Crippen LogP contribution is 2.26. The molecule has 2 aromatic carbocycles. The zero-order valence-corrected chi connectivity index (χ0v) is 21.3. The molecule has 0 atom stereocenters. The normalized spacial score (nSPS) is 15.0. The minimum absolute atomic E-state index is 0.175. The van der Waals surface area contributed by atoms with Gasteiger partial charge in [-0.3, -0.25) is 9.69 Å². The van der Waals surface area contributed by atoms with Crippen molar-refractivity contribution in [3.63, 3.8) is 0 Å². The van der Waals surface area contributed by atoms with E-state index in [1.54, 1.807) is 31.4 Å². The number of anilines is 1. The number of ether oxygens (including phenoxy) is 2. The monoisotopic (exact) mass is 516 g/mol. The van der Waals surface area contributed by atoms with Gasteiger partial charge in [-0.25, -0.2) is 13.4 Å². The molecular formula is C24H28N4O5S2. The van der Waals surface area contributed by atoms with Crippen LogP contribution in [0.1, 0.15) is 6.92 Å². The van der Waals surface area contributed by atoms with Crippen LogP contribution in [0.4, 0.5) is 5.13 Å². The maximum atomic E-state index is 13.0. The number of nitrogens with zero attached hydrogens (tertiary/aromatic N) is 3. The van der Waals surface area contributed by atoms with Gasteiger partial charge in [-0.05, 0) is 55.5 Å². The van der Waals surface area contributed by atoms with E-state index in [0.717, 1.165) is 17.0 Å². The van der Waals surface area contributed by atoms with Crippen LogP contribution < -0.4 is 14.8 Å². The molecule has 1 N–H and O–H groups in total. The van der Waals surface area contributed by atoms with E-state index in [9.17, 15) is 13.2 Å². The second kappa shape index (κ2) is 11.2. The molecule has 1 aliphatic heterocycles. The highest BCUT2D eigenvalue weighted by Gasteiger charge is 2.29. The van der Waals surface area contributed by atoms with E-state index in [1.165, 1.54) is 15.6 Å². The average Bonchev–Trinajstić information content (AvgIpc) is 3.33. The van der Waals surface area contributed by atoms with Gasteiger partial charge in [0.1, 0.15) is 11.5 Å². The molecule has 1 fully saturated rings. The minimum Gasteiger partial charge on any atom is -0.497 e. The molecule has 0 bridgehead atoms. The summed E-state index contributed by atoms with van der Waals surface area (Å²) in [5.74, 6) is 1.23. The van der Waals surface area contributed by atoms with E-state index >= 15 is 0 Å². The van der Waals surface area contributed by atoms with Gasteiger partial charge in [0.05, 0.1) is 30.9 Å². The highest BCUT2D eigenvalue weighted by atomic mass is 32.2. The molecule has 0 saturated carbocycles. The standard InChI is InChI=1S/C24H28N4O5S2/c1-3-33-20-8-10-21(11-9-20)35(30,31)28-14-12-27(13-15-28)16-23(29)26-24-25-22(17-34-24)18-4-6-19(32-2)7-5-18/h4-11,17H,3,12-16H2,1-2H3,(H,25,26,29). The Balaban J connectivity index is 1.28. The average molecular weight is 517 g/mol. The van der Waals surface area contributed by atoms with Gasteiger partial charge in [-0.15, -0.1) is 11.3 Å². The SMILES string of the molecule is CCOc1ccc(S(=O)(=O)N2CCN(CC(=O)Nc3nc(-c4ccc(OC)cc4)cs3)CC2)cc1. The third kappa shape index (κ3) is 6.17. The molecule has 35 heavy (non-hydrogen) atoms. The van der Waals surface area contributed by atoms with E-state index < -0.39 is 10.0 Å². The van der Waals surface area contributed by atoms with Crippen LogP contribution in [0.5, 0.6) is 11.5 Å². The first-order chi connectivity index (χ1) is 16.9. The number of aromatic nitrogens is 1. The number of benzene rings is 2. The lowest BCUT2D eigenvalue weighted by Gasteiger charge is -2.33. The van der Waals surface area contributed by atoms with Crippen molar-refractivity contribution in [2.24, 2.45) is 0 Å². The molecular weight excluding hydrogens is 488 g/mol. The Bertz CT molecular complexity index is 1240. The number of piperazine rings is 1. The molecule has 0 unspecified atom stereocenters. The number of nitrogens with one attached hydrogen (secondary N) is 1. The van der Waals surface area contributed by atoms with Gasteiger partial charge in [0.2, 0.25) is 15.9 Å². The summed E-state index contributed by atoms with van der Waals surface area (Å²) in [6.45, 7) is 4.16. The van der Waals surface area contributed by atoms with Gasteiger partial charge < -0.3 is 14.8 Å². The molecule has 9 nitrogen and oxygen atoms in total. The van der Waals surface area contributed by atoms with E-state index in [0.29, 0.717) is 43.7 Å². The Kier molecular flexibility index (Phi) is 8.01. The molecule has 0 aliphatic carbocycles. The van der Waals surface area contributed by atoms with Crippen LogP contribution >= 0.6 is 11.3 Å². The van der Waals surface area contributed by atoms with Crippen LogP contribution in [0, 0.1) is 0 Å². The fraction of sp³-hybridized carbons (Fsp3) is 0.333. The summed E-state index contributed by atoms with van der Waals surface area (Å²) in [4.78, 5) is 19.2. The van der Waals surface area contributed by atoms with Crippen LogP contribution in [0.15, 0.2) is 58.8 Å². The van der Waals surface area contributed by atoms with Crippen LogP contribution in [0.2, 0.25) is 0 Å². The summed E-state index contributed by atoms with van der Waals surface area (Å²) in [6.07, 6.45) is 0. The van der Waals surface area contributed by atoms with Crippen molar-refractivity contribution in [1.29, 1.82) is 0 Å².